The zero-order chi connectivity index (χ0) is 10.3. The lowest BCUT2D eigenvalue weighted by atomic mass is 9.91. The molecule has 2 heterocycles. The van der Waals surface area contributed by atoms with E-state index in [9.17, 15) is 9.90 Å². The minimum absolute atomic E-state index is 0.217. The molecule has 0 radical (unpaired) electrons. The molecule has 0 aromatic heterocycles. The van der Waals surface area contributed by atoms with Crippen molar-refractivity contribution in [1.29, 1.82) is 0 Å². The van der Waals surface area contributed by atoms with Crippen molar-refractivity contribution in [3.8, 4) is 0 Å². The van der Waals surface area contributed by atoms with Crippen LogP contribution in [0.25, 0.3) is 0 Å². The highest BCUT2D eigenvalue weighted by atomic mass is 16.4. The average molecular weight is 200 g/mol. The van der Waals surface area contributed by atoms with Crippen LogP contribution >= 0.6 is 0 Å². The van der Waals surface area contributed by atoms with Gasteiger partial charge in [0, 0.05) is 19.1 Å². The number of likely N-dealkylation sites (tertiary alicyclic amines) is 1. The Hall–Kier alpha value is -0.810. The van der Waals surface area contributed by atoms with E-state index in [0.29, 0.717) is 13.1 Å². The summed E-state index contributed by atoms with van der Waals surface area (Å²) in [5.41, 5.74) is -0.401. The first-order chi connectivity index (χ1) is 6.53. The molecule has 3 unspecified atom stereocenters. The molecule has 5 nitrogen and oxygen atoms in total. The highest BCUT2D eigenvalue weighted by molar-refractivity contribution is 5.65. The number of carboxylic acid groups (broad SMARTS) is 1. The Labute approximate surface area is 82.7 Å². The maximum atomic E-state index is 10.9. The summed E-state index contributed by atoms with van der Waals surface area (Å²) in [5, 5.41) is 21.9. The van der Waals surface area contributed by atoms with Crippen LogP contribution in [0.5, 0.6) is 0 Å². The van der Waals surface area contributed by atoms with Crippen LogP contribution in [0.15, 0.2) is 0 Å². The van der Waals surface area contributed by atoms with Crippen molar-refractivity contribution in [3.63, 3.8) is 0 Å². The SMILES string of the molecule is CC(O)C12CCC(CN(C(=O)O)C1)N2. The monoisotopic (exact) mass is 200 g/mol. The van der Waals surface area contributed by atoms with E-state index < -0.39 is 17.7 Å². The molecule has 1 amide bonds. The van der Waals surface area contributed by atoms with Gasteiger partial charge in [0.15, 0.2) is 0 Å². The van der Waals surface area contributed by atoms with E-state index in [1.807, 2.05) is 0 Å². The van der Waals surface area contributed by atoms with Gasteiger partial charge in [0.25, 0.3) is 0 Å². The summed E-state index contributed by atoms with van der Waals surface area (Å²) in [6.07, 6.45) is 0.423. The number of hydrogen-bond donors (Lipinski definition) is 3. The summed E-state index contributed by atoms with van der Waals surface area (Å²) >= 11 is 0. The first-order valence-electron chi connectivity index (χ1n) is 4.97. The van der Waals surface area contributed by atoms with Gasteiger partial charge in [-0.15, -0.1) is 0 Å². The van der Waals surface area contributed by atoms with Crippen molar-refractivity contribution < 1.29 is 15.0 Å². The molecule has 14 heavy (non-hydrogen) atoms. The molecular formula is C9H16N2O3. The van der Waals surface area contributed by atoms with Gasteiger partial charge in [-0.05, 0) is 19.8 Å². The Bertz CT molecular complexity index is 256. The Balaban J connectivity index is 2.17. The minimum atomic E-state index is -0.886. The van der Waals surface area contributed by atoms with Crippen LogP contribution in [0.4, 0.5) is 4.79 Å². The zero-order valence-electron chi connectivity index (χ0n) is 8.23. The molecule has 0 aliphatic carbocycles. The third-order valence-electron chi connectivity index (χ3n) is 3.41. The molecule has 80 valence electrons. The van der Waals surface area contributed by atoms with Gasteiger partial charge in [-0.1, -0.05) is 0 Å². The Morgan fingerprint density at radius 3 is 3.00 bits per heavy atom. The summed E-state index contributed by atoms with van der Waals surface area (Å²) < 4.78 is 0. The second kappa shape index (κ2) is 3.10. The van der Waals surface area contributed by atoms with E-state index in [1.54, 1.807) is 6.92 Å². The maximum Gasteiger partial charge on any atom is 0.407 e. The second-order valence-corrected chi connectivity index (χ2v) is 4.38. The van der Waals surface area contributed by atoms with E-state index in [1.165, 1.54) is 4.90 Å². The third-order valence-corrected chi connectivity index (χ3v) is 3.41. The number of carbonyl (C=O) groups is 1. The number of aliphatic hydroxyl groups is 1. The van der Waals surface area contributed by atoms with Crippen LogP contribution in [0, 0.1) is 0 Å². The molecule has 2 saturated heterocycles. The van der Waals surface area contributed by atoms with Crippen LogP contribution in [-0.4, -0.2) is 52.0 Å². The number of piperazine rings is 1. The van der Waals surface area contributed by atoms with E-state index >= 15 is 0 Å². The molecule has 2 aliphatic heterocycles. The largest absolute Gasteiger partial charge is 0.465 e. The first-order valence-corrected chi connectivity index (χ1v) is 4.97. The van der Waals surface area contributed by atoms with Crippen molar-refractivity contribution in [2.24, 2.45) is 0 Å². The van der Waals surface area contributed by atoms with Gasteiger partial charge >= 0.3 is 6.09 Å². The number of nitrogens with one attached hydrogen (secondary N) is 1. The predicted octanol–water partition coefficient (Wildman–Crippen LogP) is -0.148. The van der Waals surface area contributed by atoms with Gasteiger partial charge < -0.3 is 20.4 Å². The fourth-order valence-electron chi connectivity index (χ4n) is 2.52. The molecular weight excluding hydrogens is 184 g/mol. The summed E-state index contributed by atoms with van der Waals surface area (Å²) in [6, 6.07) is 0.217. The first kappa shape index (κ1) is 9.73. The van der Waals surface area contributed by atoms with Crippen LogP contribution in [0.1, 0.15) is 19.8 Å². The Morgan fingerprint density at radius 1 is 1.71 bits per heavy atom. The standard InChI is InChI=1S/C9H16N2O3/c1-6(12)9-3-2-7(10-9)4-11(5-9)8(13)14/h6-7,10,12H,2-5H2,1H3,(H,13,14). The van der Waals surface area contributed by atoms with E-state index in [-0.39, 0.29) is 6.04 Å². The van der Waals surface area contributed by atoms with Gasteiger partial charge in [0.2, 0.25) is 0 Å². The van der Waals surface area contributed by atoms with E-state index in [0.717, 1.165) is 12.8 Å². The highest BCUT2D eigenvalue weighted by Crippen LogP contribution is 2.32. The van der Waals surface area contributed by atoms with Gasteiger partial charge in [-0.25, -0.2) is 4.79 Å². The highest BCUT2D eigenvalue weighted by Gasteiger charge is 2.48. The number of hydrogen-bond acceptors (Lipinski definition) is 3. The molecule has 2 bridgehead atoms. The van der Waals surface area contributed by atoms with E-state index in [2.05, 4.69) is 5.32 Å². The molecule has 0 aromatic carbocycles. The van der Waals surface area contributed by atoms with Gasteiger partial charge in [-0.2, -0.15) is 0 Å². The number of amides is 1. The molecule has 2 rings (SSSR count). The van der Waals surface area contributed by atoms with Crippen LogP contribution in [-0.2, 0) is 0 Å². The van der Waals surface area contributed by atoms with Crippen LogP contribution < -0.4 is 5.32 Å². The quantitative estimate of drug-likeness (QED) is 0.550. The van der Waals surface area contributed by atoms with E-state index in [4.69, 9.17) is 5.11 Å². The summed E-state index contributed by atoms with van der Waals surface area (Å²) in [4.78, 5) is 12.3. The molecule has 0 spiro atoms. The van der Waals surface area contributed by atoms with Crippen molar-refractivity contribution in [2.45, 2.75) is 37.5 Å². The molecule has 0 saturated carbocycles. The molecule has 2 fully saturated rings. The lowest BCUT2D eigenvalue weighted by molar-refractivity contribution is 0.0334. The van der Waals surface area contributed by atoms with Crippen LogP contribution in [0.3, 0.4) is 0 Å². The molecule has 2 aliphatic rings. The summed E-state index contributed by atoms with van der Waals surface area (Å²) in [7, 11) is 0. The fraction of sp³-hybridized carbons (Fsp3) is 0.889. The normalized spacial score (nSPS) is 38.4. The number of aliphatic hydroxyl groups excluding tert-OH is 1. The lowest BCUT2D eigenvalue weighted by Gasteiger charge is -2.41. The average Bonchev–Trinajstić information content (AvgIpc) is 2.43. The topological polar surface area (TPSA) is 72.8 Å². The second-order valence-electron chi connectivity index (χ2n) is 4.38. The summed E-state index contributed by atoms with van der Waals surface area (Å²) in [6.45, 7) is 2.67. The third kappa shape index (κ3) is 1.36. The fourth-order valence-corrected chi connectivity index (χ4v) is 2.52. The van der Waals surface area contributed by atoms with Crippen molar-refractivity contribution >= 4 is 6.09 Å². The lowest BCUT2D eigenvalue weighted by Crippen LogP contribution is -2.64. The van der Waals surface area contributed by atoms with Crippen molar-refractivity contribution in [2.75, 3.05) is 13.1 Å². The smallest absolute Gasteiger partial charge is 0.407 e. The molecule has 0 aromatic rings. The number of rotatable bonds is 1. The van der Waals surface area contributed by atoms with Gasteiger partial charge in [0.05, 0.1) is 11.6 Å². The number of fused-ring (bicyclic) bond motifs is 2. The zero-order valence-corrected chi connectivity index (χ0v) is 8.23. The number of nitrogens with zero attached hydrogens (tertiary/aromatic N) is 1. The molecule has 5 heteroatoms. The maximum absolute atomic E-state index is 10.9. The van der Waals surface area contributed by atoms with Crippen LogP contribution in [0.2, 0.25) is 0 Å². The summed E-state index contributed by atoms with van der Waals surface area (Å²) in [5.74, 6) is 0. The van der Waals surface area contributed by atoms with Gasteiger partial charge in [0.1, 0.15) is 0 Å². The van der Waals surface area contributed by atoms with Gasteiger partial charge in [-0.3, -0.25) is 0 Å². The Kier molecular flexibility index (Phi) is 2.16. The van der Waals surface area contributed by atoms with Crippen molar-refractivity contribution in [1.82, 2.24) is 10.2 Å². The molecule has 3 N–H and O–H groups in total. The molecule has 3 atom stereocenters. The predicted molar refractivity (Wildman–Crippen MR) is 50.2 cm³/mol. The minimum Gasteiger partial charge on any atom is -0.465 e. The Morgan fingerprint density at radius 2 is 2.43 bits per heavy atom. The van der Waals surface area contributed by atoms with Crippen molar-refractivity contribution in [3.05, 3.63) is 0 Å².